The van der Waals surface area contributed by atoms with E-state index >= 15 is 0 Å². The fourth-order valence-corrected chi connectivity index (χ4v) is 3.37. The third-order valence-electron chi connectivity index (χ3n) is 4.95. The minimum Gasteiger partial charge on any atom is -0.360 e. The number of aromatic nitrogens is 3. The quantitative estimate of drug-likeness (QED) is 0.678. The summed E-state index contributed by atoms with van der Waals surface area (Å²) in [5.74, 6) is 0.477. The predicted octanol–water partition coefficient (Wildman–Crippen LogP) is 3.18. The van der Waals surface area contributed by atoms with E-state index in [1.54, 1.807) is 12.4 Å². The van der Waals surface area contributed by atoms with Gasteiger partial charge in [-0.15, -0.1) is 0 Å². The van der Waals surface area contributed by atoms with Gasteiger partial charge in [0.25, 0.3) is 11.8 Å². The lowest BCUT2D eigenvalue weighted by atomic mass is 10.0. The number of hydrogen-bond donors (Lipinski definition) is 0. The van der Waals surface area contributed by atoms with E-state index in [-0.39, 0.29) is 12.0 Å². The molecule has 0 aliphatic carbocycles. The van der Waals surface area contributed by atoms with Crippen LogP contribution in [-0.2, 0) is 4.74 Å². The Balaban J connectivity index is 1.40. The van der Waals surface area contributed by atoms with E-state index in [4.69, 9.17) is 9.26 Å². The Bertz CT molecular complexity index is 889. The Morgan fingerprint density at radius 1 is 1.21 bits per heavy atom. The lowest BCUT2D eigenvalue weighted by Crippen LogP contribution is -2.41. The van der Waals surface area contributed by atoms with Gasteiger partial charge in [-0.25, -0.2) is 0 Å². The number of aryl methyl sites for hydroxylation is 1. The summed E-state index contributed by atoms with van der Waals surface area (Å²) >= 11 is 0. The molecule has 144 valence electrons. The molecular formula is C21H22N4O3. The van der Waals surface area contributed by atoms with Gasteiger partial charge in [0.2, 0.25) is 0 Å². The van der Waals surface area contributed by atoms with Gasteiger partial charge in [-0.3, -0.25) is 9.78 Å². The zero-order valence-electron chi connectivity index (χ0n) is 15.7. The molecule has 1 saturated heterocycles. The lowest BCUT2D eigenvalue weighted by molar-refractivity contribution is -0.0352. The first-order valence-electron chi connectivity index (χ1n) is 9.38. The van der Waals surface area contributed by atoms with Crippen molar-refractivity contribution in [3.8, 4) is 0 Å². The third-order valence-corrected chi connectivity index (χ3v) is 4.95. The number of ether oxygens (including phenoxy) is 1. The van der Waals surface area contributed by atoms with E-state index in [1.807, 2.05) is 48.2 Å². The van der Waals surface area contributed by atoms with Gasteiger partial charge in [-0.05, 0) is 38.0 Å². The number of likely N-dealkylation sites (tertiary alicyclic amines) is 1. The molecule has 7 heteroatoms. The number of piperidine rings is 1. The highest BCUT2D eigenvalue weighted by atomic mass is 16.5. The van der Waals surface area contributed by atoms with Crippen LogP contribution in [0.4, 0.5) is 0 Å². The van der Waals surface area contributed by atoms with Crippen molar-refractivity contribution in [1.82, 2.24) is 20.0 Å². The van der Waals surface area contributed by atoms with E-state index in [0.717, 1.165) is 29.5 Å². The zero-order valence-corrected chi connectivity index (χ0v) is 15.7. The average molecular weight is 378 g/mol. The monoisotopic (exact) mass is 378 g/mol. The number of rotatable bonds is 5. The number of benzene rings is 1. The molecule has 1 aromatic carbocycles. The van der Waals surface area contributed by atoms with Crippen LogP contribution in [0.15, 0.2) is 59.6 Å². The second-order valence-electron chi connectivity index (χ2n) is 6.94. The Morgan fingerprint density at radius 3 is 2.64 bits per heavy atom. The minimum atomic E-state index is -0.458. The zero-order chi connectivity index (χ0) is 19.3. The molecule has 1 amide bonds. The van der Waals surface area contributed by atoms with Gasteiger partial charge >= 0.3 is 0 Å². The highest BCUT2D eigenvalue weighted by Gasteiger charge is 2.29. The topological polar surface area (TPSA) is 81.4 Å². The summed E-state index contributed by atoms with van der Waals surface area (Å²) in [6.45, 7) is 3.32. The number of pyridine rings is 1. The van der Waals surface area contributed by atoms with Crippen LogP contribution in [0, 0.1) is 6.92 Å². The van der Waals surface area contributed by atoms with Crippen molar-refractivity contribution >= 4 is 5.91 Å². The highest BCUT2D eigenvalue weighted by Crippen LogP contribution is 2.28. The SMILES string of the molecule is Cc1ccc(C(=O)N2CCC(OC(c3cccnc3)c3ncno3)CC2)cc1. The summed E-state index contributed by atoms with van der Waals surface area (Å²) in [4.78, 5) is 22.9. The van der Waals surface area contributed by atoms with Gasteiger partial charge in [-0.1, -0.05) is 28.9 Å². The molecule has 1 atom stereocenters. The first-order chi connectivity index (χ1) is 13.7. The molecule has 28 heavy (non-hydrogen) atoms. The molecule has 0 N–H and O–H groups in total. The van der Waals surface area contributed by atoms with Crippen molar-refractivity contribution in [2.24, 2.45) is 0 Å². The molecule has 3 aromatic rings. The molecule has 0 radical (unpaired) electrons. The largest absolute Gasteiger partial charge is 0.360 e. The molecule has 0 saturated carbocycles. The maximum absolute atomic E-state index is 12.7. The first kappa shape index (κ1) is 18.3. The summed E-state index contributed by atoms with van der Waals surface area (Å²) in [6.07, 6.45) is 5.87. The summed E-state index contributed by atoms with van der Waals surface area (Å²) in [5.41, 5.74) is 2.74. The van der Waals surface area contributed by atoms with Gasteiger partial charge in [0.1, 0.15) is 0 Å². The van der Waals surface area contributed by atoms with Gasteiger partial charge in [0.15, 0.2) is 12.4 Å². The second kappa shape index (κ2) is 8.31. The Hall–Kier alpha value is -3.06. The molecular weight excluding hydrogens is 356 g/mol. The smallest absolute Gasteiger partial charge is 0.260 e. The maximum Gasteiger partial charge on any atom is 0.260 e. The molecule has 4 rings (SSSR count). The standard InChI is InChI=1S/C21H22N4O3/c1-15-4-6-16(7-5-15)21(26)25-11-8-18(9-12-25)27-19(20-23-14-24-28-20)17-3-2-10-22-13-17/h2-7,10,13-14,18-19H,8-9,11-12H2,1H3. The Kier molecular flexibility index (Phi) is 5.43. The predicted molar refractivity (Wildman–Crippen MR) is 102 cm³/mol. The Morgan fingerprint density at radius 2 is 2.00 bits per heavy atom. The van der Waals surface area contributed by atoms with Crippen LogP contribution < -0.4 is 0 Å². The van der Waals surface area contributed by atoms with E-state index in [9.17, 15) is 4.79 Å². The molecule has 1 fully saturated rings. The van der Waals surface area contributed by atoms with Crippen molar-refractivity contribution in [2.45, 2.75) is 32.0 Å². The van der Waals surface area contributed by atoms with Crippen molar-refractivity contribution in [2.75, 3.05) is 13.1 Å². The number of carbonyl (C=O) groups excluding carboxylic acids is 1. The van der Waals surface area contributed by atoms with Crippen LogP contribution in [-0.4, -0.2) is 45.1 Å². The molecule has 7 nitrogen and oxygen atoms in total. The summed E-state index contributed by atoms with van der Waals surface area (Å²) < 4.78 is 11.5. The van der Waals surface area contributed by atoms with E-state index in [1.165, 1.54) is 6.33 Å². The maximum atomic E-state index is 12.7. The normalized spacial score (nSPS) is 16.1. The summed E-state index contributed by atoms with van der Waals surface area (Å²) in [7, 11) is 0. The minimum absolute atomic E-state index is 0.000765. The van der Waals surface area contributed by atoms with Crippen molar-refractivity contribution in [1.29, 1.82) is 0 Å². The van der Waals surface area contributed by atoms with Crippen molar-refractivity contribution in [3.63, 3.8) is 0 Å². The van der Waals surface area contributed by atoms with Crippen LogP contribution >= 0.6 is 0 Å². The fourth-order valence-electron chi connectivity index (χ4n) is 3.37. The third kappa shape index (κ3) is 4.09. The van der Waals surface area contributed by atoms with E-state index in [0.29, 0.717) is 19.0 Å². The van der Waals surface area contributed by atoms with Crippen LogP contribution in [0.5, 0.6) is 0 Å². The Labute approximate surface area is 163 Å². The number of carbonyl (C=O) groups is 1. The number of nitrogens with zero attached hydrogens (tertiary/aromatic N) is 4. The van der Waals surface area contributed by atoms with Crippen LogP contribution in [0.3, 0.4) is 0 Å². The molecule has 3 heterocycles. The van der Waals surface area contributed by atoms with Crippen molar-refractivity contribution < 1.29 is 14.1 Å². The molecule has 0 bridgehead atoms. The molecule has 0 spiro atoms. The number of amides is 1. The van der Waals surface area contributed by atoms with Gasteiger partial charge in [-0.2, -0.15) is 4.98 Å². The molecule has 1 aliphatic heterocycles. The molecule has 1 aliphatic rings. The van der Waals surface area contributed by atoms with Gasteiger partial charge < -0.3 is 14.2 Å². The summed E-state index contributed by atoms with van der Waals surface area (Å²) in [6, 6.07) is 11.5. The number of hydrogen-bond acceptors (Lipinski definition) is 6. The average Bonchev–Trinajstić information content (AvgIpc) is 3.28. The van der Waals surface area contributed by atoms with Gasteiger partial charge in [0.05, 0.1) is 6.10 Å². The summed E-state index contributed by atoms with van der Waals surface area (Å²) in [5, 5.41) is 3.70. The lowest BCUT2D eigenvalue weighted by Gasteiger charge is -2.33. The fraction of sp³-hybridized carbons (Fsp3) is 0.333. The second-order valence-corrected chi connectivity index (χ2v) is 6.94. The van der Waals surface area contributed by atoms with E-state index < -0.39 is 6.10 Å². The molecule has 1 unspecified atom stereocenters. The van der Waals surface area contributed by atoms with Crippen molar-refractivity contribution in [3.05, 3.63) is 77.7 Å². The molecule has 2 aromatic heterocycles. The van der Waals surface area contributed by atoms with E-state index in [2.05, 4.69) is 15.1 Å². The van der Waals surface area contributed by atoms with Gasteiger partial charge in [0, 0.05) is 36.6 Å². The van der Waals surface area contributed by atoms with Crippen LogP contribution in [0.1, 0.15) is 46.3 Å². The highest BCUT2D eigenvalue weighted by molar-refractivity contribution is 5.94. The van der Waals surface area contributed by atoms with Crippen LogP contribution in [0.2, 0.25) is 0 Å². The van der Waals surface area contributed by atoms with Crippen LogP contribution in [0.25, 0.3) is 0 Å². The first-order valence-corrected chi connectivity index (χ1v) is 9.38.